The van der Waals surface area contributed by atoms with Gasteiger partial charge >= 0.3 is 0 Å². The van der Waals surface area contributed by atoms with Crippen molar-refractivity contribution in [3.05, 3.63) is 23.5 Å². The Morgan fingerprint density at radius 1 is 1.06 bits per heavy atom. The van der Waals surface area contributed by atoms with Crippen LogP contribution in [0.1, 0.15) is 31.7 Å². The van der Waals surface area contributed by atoms with Gasteiger partial charge in [0.1, 0.15) is 5.82 Å². The molecule has 0 saturated heterocycles. The smallest absolute Gasteiger partial charge is 0.163 e. The van der Waals surface area contributed by atoms with E-state index < -0.39 is 0 Å². The van der Waals surface area contributed by atoms with Crippen molar-refractivity contribution >= 4 is 11.6 Å². The Hall–Kier alpha value is -0.960. The van der Waals surface area contributed by atoms with Crippen molar-refractivity contribution in [1.29, 1.82) is 0 Å². The molecule has 2 unspecified atom stereocenters. The molecule has 2 nitrogen and oxygen atoms in total. The lowest BCUT2D eigenvalue weighted by Crippen LogP contribution is -2.12. The van der Waals surface area contributed by atoms with Gasteiger partial charge in [-0.3, -0.25) is 0 Å². The van der Waals surface area contributed by atoms with Crippen LogP contribution in [0.15, 0.2) is 12.1 Å². The van der Waals surface area contributed by atoms with Gasteiger partial charge in [0, 0.05) is 11.6 Å². The van der Waals surface area contributed by atoms with Crippen LogP contribution in [0.2, 0.25) is 0 Å². The quantitative estimate of drug-likeness (QED) is 0.740. The molecule has 0 aliphatic rings. The monoisotopic (exact) mass is 274 g/mol. The lowest BCUT2D eigenvalue weighted by molar-refractivity contribution is 0.348. The van der Waals surface area contributed by atoms with Crippen LogP contribution in [0.25, 0.3) is 0 Å². The molecule has 0 spiro atoms. The number of alkyl halides is 1. The molecule has 0 heterocycles. The summed E-state index contributed by atoms with van der Waals surface area (Å²) in [7, 11) is 3.00. The van der Waals surface area contributed by atoms with E-state index in [1.54, 1.807) is 6.07 Å². The van der Waals surface area contributed by atoms with Gasteiger partial charge in [-0.05, 0) is 17.9 Å². The standard InChI is InChI=1S/C14H20ClFO2/c1-8(2)9(3)14(15)10-6-12(17-4)13(18-5)7-11(10)16/h6-9,14H,1-5H3. The second-order valence-electron chi connectivity index (χ2n) is 4.73. The molecule has 1 aromatic rings. The zero-order valence-corrected chi connectivity index (χ0v) is 12.2. The number of halogens is 2. The van der Waals surface area contributed by atoms with E-state index in [9.17, 15) is 4.39 Å². The van der Waals surface area contributed by atoms with Crippen LogP contribution < -0.4 is 9.47 Å². The van der Waals surface area contributed by atoms with Gasteiger partial charge in [-0.25, -0.2) is 4.39 Å². The van der Waals surface area contributed by atoms with Crippen LogP contribution >= 0.6 is 11.6 Å². The summed E-state index contributed by atoms with van der Waals surface area (Å²) in [5.74, 6) is 1.05. The van der Waals surface area contributed by atoms with Crippen molar-refractivity contribution in [2.45, 2.75) is 26.1 Å². The Kier molecular flexibility index (Phi) is 5.27. The highest BCUT2D eigenvalue weighted by Crippen LogP contribution is 2.39. The summed E-state index contributed by atoms with van der Waals surface area (Å²) in [4.78, 5) is 0. The second-order valence-corrected chi connectivity index (χ2v) is 5.20. The third-order valence-electron chi connectivity index (χ3n) is 3.31. The molecule has 102 valence electrons. The Labute approximate surface area is 113 Å². The molecule has 0 radical (unpaired) electrons. The average Bonchev–Trinajstić information content (AvgIpc) is 2.36. The third kappa shape index (κ3) is 3.08. The molecule has 0 aliphatic heterocycles. The van der Waals surface area contributed by atoms with Gasteiger partial charge in [0.2, 0.25) is 0 Å². The summed E-state index contributed by atoms with van der Waals surface area (Å²) in [5.41, 5.74) is 0.454. The molecule has 0 aromatic heterocycles. The number of rotatable bonds is 5. The van der Waals surface area contributed by atoms with Gasteiger partial charge in [0.15, 0.2) is 11.5 Å². The topological polar surface area (TPSA) is 18.5 Å². The SMILES string of the molecule is COc1cc(F)c(C(Cl)C(C)C(C)C)cc1OC. The number of ether oxygens (including phenoxy) is 2. The predicted molar refractivity (Wildman–Crippen MR) is 72.1 cm³/mol. The minimum atomic E-state index is -0.384. The third-order valence-corrected chi connectivity index (χ3v) is 3.95. The van der Waals surface area contributed by atoms with Gasteiger partial charge in [0.05, 0.1) is 19.6 Å². The fourth-order valence-corrected chi connectivity index (χ4v) is 2.16. The number of hydrogen-bond donors (Lipinski definition) is 0. The predicted octanol–water partition coefficient (Wildman–Crippen LogP) is 4.41. The lowest BCUT2D eigenvalue weighted by Gasteiger charge is -2.23. The van der Waals surface area contributed by atoms with Crippen molar-refractivity contribution in [1.82, 2.24) is 0 Å². The highest BCUT2D eigenvalue weighted by molar-refractivity contribution is 6.21. The first-order valence-electron chi connectivity index (χ1n) is 5.97. The maximum Gasteiger partial charge on any atom is 0.163 e. The average molecular weight is 275 g/mol. The normalized spacial score (nSPS) is 14.4. The fraction of sp³-hybridized carbons (Fsp3) is 0.571. The largest absolute Gasteiger partial charge is 0.493 e. The van der Waals surface area contributed by atoms with E-state index in [0.717, 1.165) is 0 Å². The van der Waals surface area contributed by atoms with E-state index in [0.29, 0.717) is 23.0 Å². The van der Waals surface area contributed by atoms with Crippen LogP contribution in [-0.2, 0) is 0 Å². The first-order valence-corrected chi connectivity index (χ1v) is 6.41. The fourth-order valence-electron chi connectivity index (χ4n) is 1.70. The summed E-state index contributed by atoms with van der Waals surface area (Å²) in [6.07, 6.45) is 0. The molecule has 0 bridgehead atoms. The summed E-state index contributed by atoms with van der Waals surface area (Å²) in [6.45, 7) is 6.15. The van der Waals surface area contributed by atoms with Crippen molar-refractivity contribution in [3.63, 3.8) is 0 Å². The minimum absolute atomic E-state index is 0.166. The van der Waals surface area contributed by atoms with Crippen molar-refractivity contribution in [2.75, 3.05) is 14.2 Å². The Bertz CT molecular complexity index is 407. The van der Waals surface area contributed by atoms with Gasteiger partial charge < -0.3 is 9.47 Å². The van der Waals surface area contributed by atoms with E-state index in [1.807, 2.05) is 6.92 Å². The molecule has 0 aliphatic carbocycles. The van der Waals surface area contributed by atoms with Crippen LogP contribution in [0, 0.1) is 17.7 Å². The summed E-state index contributed by atoms with van der Waals surface area (Å²) >= 11 is 6.35. The van der Waals surface area contributed by atoms with E-state index >= 15 is 0 Å². The van der Waals surface area contributed by atoms with Crippen LogP contribution in [0.5, 0.6) is 11.5 Å². The number of hydrogen-bond acceptors (Lipinski definition) is 2. The molecule has 0 fully saturated rings. The number of methoxy groups -OCH3 is 2. The Morgan fingerprint density at radius 3 is 2.00 bits per heavy atom. The molecule has 1 rings (SSSR count). The molecule has 0 N–H and O–H groups in total. The Balaban J connectivity index is 3.16. The van der Waals surface area contributed by atoms with E-state index in [4.69, 9.17) is 21.1 Å². The molecule has 0 amide bonds. The van der Waals surface area contributed by atoms with E-state index in [2.05, 4.69) is 13.8 Å². The van der Waals surface area contributed by atoms with Crippen molar-refractivity contribution < 1.29 is 13.9 Å². The first kappa shape index (κ1) is 15.1. The van der Waals surface area contributed by atoms with Crippen LogP contribution in [0.3, 0.4) is 0 Å². The summed E-state index contributed by atoms with van der Waals surface area (Å²) in [6, 6.07) is 2.93. The van der Waals surface area contributed by atoms with Crippen molar-refractivity contribution in [2.24, 2.45) is 11.8 Å². The van der Waals surface area contributed by atoms with Gasteiger partial charge in [-0.15, -0.1) is 11.6 Å². The molecule has 18 heavy (non-hydrogen) atoms. The second kappa shape index (κ2) is 6.28. The van der Waals surface area contributed by atoms with Gasteiger partial charge in [-0.2, -0.15) is 0 Å². The molecule has 1 aromatic carbocycles. The minimum Gasteiger partial charge on any atom is -0.493 e. The number of benzene rings is 1. The van der Waals surface area contributed by atoms with Gasteiger partial charge in [0.25, 0.3) is 0 Å². The van der Waals surface area contributed by atoms with Crippen LogP contribution in [-0.4, -0.2) is 14.2 Å². The van der Waals surface area contributed by atoms with Crippen LogP contribution in [0.4, 0.5) is 4.39 Å². The Morgan fingerprint density at radius 2 is 1.56 bits per heavy atom. The lowest BCUT2D eigenvalue weighted by atomic mass is 9.90. The first-order chi connectivity index (χ1) is 8.42. The maximum atomic E-state index is 14.0. The molecule has 0 saturated carbocycles. The van der Waals surface area contributed by atoms with Gasteiger partial charge in [-0.1, -0.05) is 20.8 Å². The zero-order valence-electron chi connectivity index (χ0n) is 11.5. The highest BCUT2D eigenvalue weighted by atomic mass is 35.5. The summed E-state index contributed by atoms with van der Waals surface area (Å²) in [5, 5.41) is -0.384. The molecular formula is C14H20ClFO2. The van der Waals surface area contributed by atoms with E-state index in [1.165, 1.54) is 20.3 Å². The van der Waals surface area contributed by atoms with E-state index in [-0.39, 0.29) is 17.1 Å². The zero-order chi connectivity index (χ0) is 13.9. The molecular weight excluding hydrogens is 255 g/mol. The molecule has 2 atom stereocenters. The summed E-state index contributed by atoms with van der Waals surface area (Å²) < 4.78 is 24.2. The maximum absolute atomic E-state index is 14.0. The highest BCUT2D eigenvalue weighted by Gasteiger charge is 2.24. The van der Waals surface area contributed by atoms with Crippen molar-refractivity contribution in [3.8, 4) is 11.5 Å². The molecule has 4 heteroatoms.